The Hall–Kier alpha value is -2.83. The fraction of sp³-hybridized carbons (Fsp3) is 0.389. The van der Waals surface area contributed by atoms with Gasteiger partial charge in [-0.15, -0.1) is 0 Å². The molecule has 0 saturated heterocycles. The normalized spacial score (nSPS) is 10.4. The minimum atomic E-state index is -0.200. The molecule has 1 aromatic heterocycles. The summed E-state index contributed by atoms with van der Waals surface area (Å²) in [6, 6.07) is 9.01. The molecule has 134 valence electrons. The van der Waals surface area contributed by atoms with Crippen LogP contribution in [0.3, 0.4) is 0 Å². The van der Waals surface area contributed by atoms with Gasteiger partial charge in [-0.25, -0.2) is 9.97 Å². The van der Waals surface area contributed by atoms with Gasteiger partial charge in [0.25, 0.3) is 5.91 Å². The van der Waals surface area contributed by atoms with Crippen LogP contribution in [0.1, 0.15) is 24.3 Å². The van der Waals surface area contributed by atoms with E-state index in [4.69, 9.17) is 9.47 Å². The van der Waals surface area contributed by atoms with Crippen molar-refractivity contribution in [3.05, 3.63) is 42.4 Å². The molecular weight excluding hydrogens is 320 g/mol. The Balaban J connectivity index is 1.78. The number of ether oxygens (including phenoxy) is 2. The topological polar surface area (TPSA) is 85.4 Å². The van der Waals surface area contributed by atoms with Crippen LogP contribution in [0.2, 0.25) is 0 Å². The third-order valence-electron chi connectivity index (χ3n) is 3.31. The van der Waals surface area contributed by atoms with Crippen LogP contribution in [0.4, 0.5) is 5.82 Å². The predicted octanol–water partition coefficient (Wildman–Crippen LogP) is 2.36. The molecule has 0 radical (unpaired) electrons. The van der Waals surface area contributed by atoms with Crippen molar-refractivity contribution < 1.29 is 14.3 Å². The average molecular weight is 344 g/mol. The molecule has 0 atom stereocenters. The Bertz CT molecular complexity index is 674. The van der Waals surface area contributed by atoms with Crippen molar-refractivity contribution >= 4 is 11.7 Å². The Morgan fingerprint density at radius 3 is 2.56 bits per heavy atom. The molecule has 2 N–H and O–H groups in total. The number of nitrogens with zero attached hydrogens (tertiary/aromatic N) is 2. The number of rotatable bonds is 9. The quantitative estimate of drug-likeness (QED) is 0.679. The van der Waals surface area contributed by atoms with E-state index in [1.807, 2.05) is 38.1 Å². The van der Waals surface area contributed by atoms with Gasteiger partial charge in [0.15, 0.2) is 0 Å². The summed E-state index contributed by atoms with van der Waals surface area (Å²) in [7, 11) is 1.62. The van der Waals surface area contributed by atoms with E-state index in [0.717, 1.165) is 11.5 Å². The van der Waals surface area contributed by atoms with Gasteiger partial charge in [-0.05, 0) is 30.2 Å². The van der Waals surface area contributed by atoms with Crippen molar-refractivity contribution in [3.63, 3.8) is 0 Å². The fourth-order valence-corrected chi connectivity index (χ4v) is 1.99. The molecule has 0 spiro atoms. The molecule has 2 rings (SSSR count). The van der Waals surface area contributed by atoms with Crippen LogP contribution in [0.5, 0.6) is 11.5 Å². The third-order valence-corrected chi connectivity index (χ3v) is 3.31. The largest absolute Gasteiger partial charge is 0.497 e. The minimum Gasteiger partial charge on any atom is -0.497 e. The lowest BCUT2D eigenvalue weighted by atomic mass is 10.2. The molecule has 7 heteroatoms. The van der Waals surface area contributed by atoms with Crippen LogP contribution in [-0.4, -0.2) is 42.7 Å². The second-order valence-corrected chi connectivity index (χ2v) is 5.84. The van der Waals surface area contributed by atoms with Gasteiger partial charge in [-0.2, -0.15) is 0 Å². The molecule has 1 aromatic carbocycles. The SMILES string of the molecule is COc1ccc(OCCNc2cc(C(=O)NCC(C)C)ncn2)cc1. The van der Waals surface area contributed by atoms with E-state index in [9.17, 15) is 4.79 Å². The highest BCUT2D eigenvalue weighted by atomic mass is 16.5. The molecule has 0 unspecified atom stereocenters. The van der Waals surface area contributed by atoms with Crippen LogP contribution in [-0.2, 0) is 0 Å². The predicted molar refractivity (Wildman–Crippen MR) is 96.2 cm³/mol. The Morgan fingerprint density at radius 2 is 1.88 bits per heavy atom. The lowest BCUT2D eigenvalue weighted by molar-refractivity contribution is 0.0944. The number of aromatic nitrogens is 2. The highest BCUT2D eigenvalue weighted by molar-refractivity contribution is 5.92. The van der Waals surface area contributed by atoms with Crippen molar-refractivity contribution in [3.8, 4) is 11.5 Å². The van der Waals surface area contributed by atoms with Gasteiger partial charge in [0.1, 0.15) is 35.9 Å². The second kappa shape index (κ2) is 9.46. The van der Waals surface area contributed by atoms with Crippen molar-refractivity contribution in [2.75, 3.05) is 32.1 Å². The minimum absolute atomic E-state index is 0.200. The second-order valence-electron chi connectivity index (χ2n) is 5.84. The smallest absolute Gasteiger partial charge is 0.270 e. The van der Waals surface area contributed by atoms with Crippen LogP contribution in [0.25, 0.3) is 0 Å². The zero-order valence-electron chi connectivity index (χ0n) is 14.8. The summed E-state index contributed by atoms with van der Waals surface area (Å²) in [5, 5.41) is 5.95. The number of hydrogen-bond donors (Lipinski definition) is 2. The van der Waals surface area contributed by atoms with E-state index in [2.05, 4.69) is 20.6 Å². The van der Waals surface area contributed by atoms with Crippen molar-refractivity contribution in [2.24, 2.45) is 5.92 Å². The highest BCUT2D eigenvalue weighted by Crippen LogP contribution is 2.16. The zero-order chi connectivity index (χ0) is 18.1. The van der Waals surface area contributed by atoms with E-state index >= 15 is 0 Å². The molecule has 0 aliphatic rings. The summed E-state index contributed by atoms with van der Waals surface area (Å²) in [4.78, 5) is 20.1. The first-order chi connectivity index (χ1) is 12.1. The standard InChI is InChI=1S/C18H24N4O3/c1-13(2)11-20-18(23)16-10-17(22-12-21-16)19-8-9-25-15-6-4-14(24-3)5-7-15/h4-7,10,12-13H,8-9,11H2,1-3H3,(H,20,23)(H,19,21,22). The summed E-state index contributed by atoms with van der Waals surface area (Å²) in [6.45, 7) is 5.70. The van der Waals surface area contributed by atoms with Crippen LogP contribution in [0, 0.1) is 5.92 Å². The fourth-order valence-electron chi connectivity index (χ4n) is 1.99. The molecule has 2 aromatic rings. The van der Waals surface area contributed by atoms with Crippen LogP contribution in [0.15, 0.2) is 36.7 Å². The van der Waals surface area contributed by atoms with Crippen LogP contribution < -0.4 is 20.1 Å². The number of carbonyl (C=O) groups excluding carboxylic acids is 1. The number of nitrogens with one attached hydrogen (secondary N) is 2. The monoisotopic (exact) mass is 344 g/mol. The Labute approximate surface area is 147 Å². The molecule has 0 saturated carbocycles. The summed E-state index contributed by atoms with van der Waals surface area (Å²) in [5.74, 6) is 2.32. The molecule has 7 nitrogen and oxygen atoms in total. The summed E-state index contributed by atoms with van der Waals surface area (Å²) >= 11 is 0. The first-order valence-corrected chi connectivity index (χ1v) is 8.19. The van der Waals surface area contributed by atoms with Crippen molar-refractivity contribution in [1.29, 1.82) is 0 Å². The summed E-state index contributed by atoms with van der Waals surface area (Å²) in [6.07, 6.45) is 1.37. The Kier molecular flexibility index (Phi) is 7.00. The van der Waals surface area contributed by atoms with Gasteiger partial charge in [-0.1, -0.05) is 13.8 Å². The number of hydrogen-bond acceptors (Lipinski definition) is 6. The number of anilines is 1. The van der Waals surface area contributed by atoms with Gasteiger partial charge in [0.2, 0.25) is 0 Å². The number of amides is 1. The van der Waals surface area contributed by atoms with Gasteiger partial charge < -0.3 is 20.1 Å². The lowest BCUT2D eigenvalue weighted by Crippen LogP contribution is -2.28. The number of methoxy groups -OCH3 is 1. The van der Waals surface area contributed by atoms with Crippen LogP contribution >= 0.6 is 0 Å². The summed E-state index contributed by atoms with van der Waals surface area (Å²) < 4.78 is 10.7. The zero-order valence-corrected chi connectivity index (χ0v) is 14.8. The molecule has 25 heavy (non-hydrogen) atoms. The maximum Gasteiger partial charge on any atom is 0.270 e. The van der Waals surface area contributed by atoms with Crippen molar-refractivity contribution in [1.82, 2.24) is 15.3 Å². The van der Waals surface area contributed by atoms with Gasteiger partial charge in [0.05, 0.1) is 13.7 Å². The van der Waals surface area contributed by atoms with Gasteiger partial charge in [-0.3, -0.25) is 4.79 Å². The third kappa shape index (κ3) is 6.29. The molecule has 0 bridgehead atoms. The van der Waals surface area contributed by atoms with Gasteiger partial charge >= 0.3 is 0 Å². The average Bonchev–Trinajstić information content (AvgIpc) is 2.64. The van der Waals surface area contributed by atoms with E-state index in [-0.39, 0.29) is 5.91 Å². The summed E-state index contributed by atoms with van der Waals surface area (Å²) in [5.41, 5.74) is 0.342. The number of benzene rings is 1. The van der Waals surface area contributed by atoms with E-state index in [0.29, 0.717) is 37.1 Å². The van der Waals surface area contributed by atoms with E-state index in [1.165, 1.54) is 6.33 Å². The molecular formula is C18H24N4O3. The molecule has 0 aliphatic carbocycles. The maximum atomic E-state index is 12.0. The van der Waals surface area contributed by atoms with Crippen molar-refractivity contribution in [2.45, 2.75) is 13.8 Å². The lowest BCUT2D eigenvalue weighted by Gasteiger charge is -2.10. The first-order valence-electron chi connectivity index (χ1n) is 8.19. The molecule has 0 fully saturated rings. The molecule has 1 amide bonds. The highest BCUT2D eigenvalue weighted by Gasteiger charge is 2.08. The van der Waals surface area contributed by atoms with E-state index in [1.54, 1.807) is 13.2 Å². The van der Waals surface area contributed by atoms with E-state index < -0.39 is 0 Å². The van der Waals surface area contributed by atoms with Gasteiger partial charge in [0, 0.05) is 12.6 Å². The first kappa shape index (κ1) is 18.5. The maximum absolute atomic E-state index is 12.0. The molecule has 1 heterocycles. The number of carbonyl (C=O) groups is 1. The molecule has 0 aliphatic heterocycles. The Morgan fingerprint density at radius 1 is 1.16 bits per heavy atom.